The molecular weight excluding hydrogens is 208 g/mol. The zero-order chi connectivity index (χ0) is 12.3. The van der Waals surface area contributed by atoms with Gasteiger partial charge in [-0.2, -0.15) is 5.10 Å². The molecule has 1 rings (SSSR count). The Balaban J connectivity index is 2.77. The number of rotatable bonds is 4. The van der Waals surface area contributed by atoms with Gasteiger partial charge in [0, 0.05) is 7.11 Å². The highest BCUT2D eigenvalue weighted by Gasteiger charge is 2.24. The molecule has 0 bridgehead atoms. The Kier molecular flexibility index (Phi) is 3.54. The summed E-state index contributed by atoms with van der Waals surface area (Å²) in [6.45, 7) is 5.91. The second-order valence-corrected chi connectivity index (χ2v) is 4.38. The highest BCUT2D eigenvalue weighted by molar-refractivity contribution is 5.97. The van der Waals surface area contributed by atoms with Crippen LogP contribution in [-0.4, -0.2) is 35.4 Å². The molecule has 0 radical (unpaired) electrons. The lowest BCUT2D eigenvalue weighted by molar-refractivity contribution is 0.0816. The van der Waals surface area contributed by atoms with Crippen LogP contribution < -0.4 is 11.1 Å². The molecule has 4 N–H and O–H groups in total. The van der Waals surface area contributed by atoms with Crippen molar-refractivity contribution in [1.29, 1.82) is 0 Å². The van der Waals surface area contributed by atoms with E-state index in [1.165, 1.54) is 0 Å². The monoisotopic (exact) mass is 226 g/mol. The number of carbonyl (C=O) groups is 1. The van der Waals surface area contributed by atoms with E-state index in [-0.39, 0.29) is 11.6 Å². The van der Waals surface area contributed by atoms with Crippen LogP contribution in [0.15, 0.2) is 0 Å². The molecule has 0 aromatic carbocycles. The number of anilines is 1. The molecule has 0 fully saturated rings. The van der Waals surface area contributed by atoms with E-state index < -0.39 is 5.54 Å². The molecule has 1 amide bonds. The van der Waals surface area contributed by atoms with E-state index >= 15 is 0 Å². The largest absolute Gasteiger partial charge is 0.395 e. The molecule has 90 valence electrons. The smallest absolute Gasteiger partial charge is 0.274 e. The molecule has 0 spiro atoms. The minimum atomic E-state index is -0.453. The number of nitrogen functional groups attached to an aromatic ring is 1. The van der Waals surface area contributed by atoms with Gasteiger partial charge in [0.05, 0.1) is 23.5 Å². The maximum Gasteiger partial charge on any atom is 0.274 e. The molecular formula is C10H18N4O2. The van der Waals surface area contributed by atoms with Crippen molar-refractivity contribution in [3.63, 3.8) is 0 Å². The first kappa shape index (κ1) is 12.5. The molecule has 0 saturated heterocycles. The van der Waals surface area contributed by atoms with E-state index in [1.54, 1.807) is 14.0 Å². The summed E-state index contributed by atoms with van der Waals surface area (Å²) in [7, 11) is 1.58. The summed E-state index contributed by atoms with van der Waals surface area (Å²) in [5.74, 6) is -0.302. The van der Waals surface area contributed by atoms with Crippen LogP contribution in [-0.2, 0) is 4.74 Å². The van der Waals surface area contributed by atoms with Crippen molar-refractivity contribution >= 4 is 11.6 Å². The quantitative estimate of drug-likeness (QED) is 0.695. The number of methoxy groups -OCH3 is 1. The van der Waals surface area contributed by atoms with Crippen molar-refractivity contribution in [3.05, 3.63) is 11.4 Å². The Hall–Kier alpha value is -1.56. The van der Waals surface area contributed by atoms with E-state index in [2.05, 4.69) is 15.5 Å². The Morgan fingerprint density at radius 2 is 2.25 bits per heavy atom. The average molecular weight is 226 g/mol. The average Bonchev–Trinajstić information content (AvgIpc) is 2.46. The number of nitrogens with zero attached hydrogens (tertiary/aromatic N) is 1. The number of aryl methyl sites for hydroxylation is 1. The lowest BCUT2D eigenvalue weighted by atomic mass is 10.1. The summed E-state index contributed by atoms with van der Waals surface area (Å²) < 4.78 is 5.00. The minimum absolute atomic E-state index is 0.224. The topological polar surface area (TPSA) is 93.0 Å². The fourth-order valence-corrected chi connectivity index (χ4v) is 1.37. The number of amides is 1. The third-order valence-electron chi connectivity index (χ3n) is 2.17. The molecule has 6 nitrogen and oxygen atoms in total. The zero-order valence-corrected chi connectivity index (χ0v) is 10.0. The van der Waals surface area contributed by atoms with Gasteiger partial charge in [-0.15, -0.1) is 0 Å². The van der Waals surface area contributed by atoms with Gasteiger partial charge in [0.25, 0.3) is 5.91 Å². The van der Waals surface area contributed by atoms with E-state index in [0.29, 0.717) is 18.0 Å². The predicted molar refractivity (Wildman–Crippen MR) is 61.2 cm³/mol. The Labute approximate surface area is 94.5 Å². The van der Waals surface area contributed by atoms with Gasteiger partial charge in [0.2, 0.25) is 0 Å². The SMILES string of the molecule is COCC(C)(C)NC(=O)c1n[nH]c(C)c1N. The molecule has 0 aliphatic rings. The lowest BCUT2D eigenvalue weighted by Crippen LogP contribution is -2.47. The van der Waals surface area contributed by atoms with Gasteiger partial charge in [-0.05, 0) is 20.8 Å². The molecule has 0 aliphatic carbocycles. The highest BCUT2D eigenvalue weighted by atomic mass is 16.5. The van der Waals surface area contributed by atoms with Gasteiger partial charge in [-0.3, -0.25) is 9.89 Å². The van der Waals surface area contributed by atoms with Crippen molar-refractivity contribution in [2.45, 2.75) is 26.3 Å². The standard InChI is InChI=1S/C10H18N4O2/c1-6-7(11)8(14-13-6)9(15)12-10(2,3)5-16-4/h5,11H2,1-4H3,(H,12,15)(H,13,14). The van der Waals surface area contributed by atoms with E-state index in [9.17, 15) is 4.79 Å². The van der Waals surface area contributed by atoms with E-state index in [0.717, 1.165) is 0 Å². The Bertz CT molecular complexity index is 384. The number of aromatic nitrogens is 2. The predicted octanol–water partition coefficient (Wildman–Crippen LogP) is 0.455. The number of nitrogens with two attached hydrogens (primary N) is 1. The first-order valence-corrected chi connectivity index (χ1v) is 4.99. The molecule has 1 aromatic heterocycles. The molecule has 1 aromatic rings. The van der Waals surface area contributed by atoms with Crippen LogP contribution in [0.3, 0.4) is 0 Å². The van der Waals surface area contributed by atoms with Gasteiger partial charge >= 0.3 is 0 Å². The number of H-pyrrole nitrogens is 1. The summed E-state index contributed by atoms with van der Waals surface area (Å²) in [5, 5.41) is 9.33. The van der Waals surface area contributed by atoms with Crippen LogP contribution in [0.25, 0.3) is 0 Å². The molecule has 16 heavy (non-hydrogen) atoms. The van der Waals surface area contributed by atoms with Gasteiger partial charge in [-0.25, -0.2) is 0 Å². The van der Waals surface area contributed by atoms with Gasteiger partial charge in [0.15, 0.2) is 5.69 Å². The molecule has 1 heterocycles. The van der Waals surface area contributed by atoms with Gasteiger partial charge < -0.3 is 15.8 Å². The second kappa shape index (κ2) is 4.52. The Morgan fingerprint density at radius 3 is 2.69 bits per heavy atom. The highest BCUT2D eigenvalue weighted by Crippen LogP contribution is 2.13. The fraction of sp³-hybridized carbons (Fsp3) is 0.600. The molecule has 0 aliphatic heterocycles. The summed E-state index contributed by atoms with van der Waals surface area (Å²) in [6, 6.07) is 0. The first-order valence-electron chi connectivity index (χ1n) is 4.99. The minimum Gasteiger partial charge on any atom is -0.395 e. The van der Waals surface area contributed by atoms with Crippen LogP contribution >= 0.6 is 0 Å². The van der Waals surface area contributed by atoms with Gasteiger partial charge in [-0.1, -0.05) is 0 Å². The fourth-order valence-electron chi connectivity index (χ4n) is 1.37. The van der Waals surface area contributed by atoms with Crippen molar-refractivity contribution in [3.8, 4) is 0 Å². The maximum absolute atomic E-state index is 11.8. The van der Waals surface area contributed by atoms with E-state index in [4.69, 9.17) is 10.5 Å². The van der Waals surface area contributed by atoms with Crippen LogP contribution in [0.5, 0.6) is 0 Å². The molecule has 0 atom stereocenters. The maximum atomic E-state index is 11.8. The van der Waals surface area contributed by atoms with Crippen LogP contribution in [0.2, 0.25) is 0 Å². The van der Waals surface area contributed by atoms with Crippen molar-refractivity contribution in [2.24, 2.45) is 0 Å². The van der Waals surface area contributed by atoms with Crippen molar-refractivity contribution in [2.75, 3.05) is 19.5 Å². The zero-order valence-electron chi connectivity index (χ0n) is 10.0. The lowest BCUT2D eigenvalue weighted by Gasteiger charge is -2.24. The van der Waals surface area contributed by atoms with Crippen molar-refractivity contribution < 1.29 is 9.53 Å². The number of hydrogen-bond acceptors (Lipinski definition) is 4. The number of carbonyl (C=O) groups excluding carboxylic acids is 1. The normalized spacial score (nSPS) is 11.5. The summed E-state index contributed by atoms with van der Waals surface area (Å²) >= 11 is 0. The summed E-state index contributed by atoms with van der Waals surface area (Å²) in [4.78, 5) is 11.8. The first-order chi connectivity index (χ1) is 7.37. The van der Waals surface area contributed by atoms with Gasteiger partial charge in [0.1, 0.15) is 0 Å². The van der Waals surface area contributed by atoms with Crippen LogP contribution in [0.1, 0.15) is 30.0 Å². The molecule has 0 saturated carbocycles. The second-order valence-electron chi connectivity index (χ2n) is 4.38. The molecule has 0 unspecified atom stereocenters. The number of hydrogen-bond donors (Lipinski definition) is 3. The van der Waals surface area contributed by atoms with Crippen molar-refractivity contribution in [1.82, 2.24) is 15.5 Å². The third-order valence-corrected chi connectivity index (χ3v) is 2.17. The Morgan fingerprint density at radius 1 is 1.62 bits per heavy atom. The van der Waals surface area contributed by atoms with Crippen LogP contribution in [0, 0.1) is 6.92 Å². The number of aromatic amines is 1. The number of nitrogens with one attached hydrogen (secondary N) is 2. The summed E-state index contributed by atoms with van der Waals surface area (Å²) in [5.41, 5.74) is 6.55. The number of ether oxygens (including phenoxy) is 1. The molecule has 6 heteroatoms. The third kappa shape index (κ3) is 2.73. The summed E-state index contributed by atoms with van der Waals surface area (Å²) in [6.07, 6.45) is 0. The van der Waals surface area contributed by atoms with E-state index in [1.807, 2.05) is 13.8 Å². The van der Waals surface area contributed by atoms with Crippen LogP contribution in [0.4, 0.5) is 5.69 Å².